The normalized spacial score (nSPS) is 11.9. The second kappa shape index (κ2) is 4.01. The minimum absolute atomic E-state index is 0.551. The first kappa shape index (κ1) is 11.1. The zero-order valence-electron chi connectivity index (χ0n) is 8.85. The van der Waals surface area contributed by atoms with Crippen LogP contribution >= 0.6 is 11.6 Å². The second-order valence-corrected chi connectivity index (χ2v) is 3.89. The van der Waals surface area contributed by atoms with E-state index in [2.05, 4.69) is 5.16 Å². The Labute approximate surface area is 89.2 Å². The lowest BCUT2D eigenvalue weighted by Crippen LogP contribution is -2.02. The van der Waals surface area contributed by atoms with Crippen LogP contribution in [0.15, 0.2) is 11.2 Å². The minimum atomic E-state index is 0.551. The Morgan fingerprint density at radius 1 is 1.29 bits per heavy atom. The van der Waals surface area contributed by atoms with Gasteiger partial charge in [-0.1, -0.05) is 16.8 Å². The fourth-order valence-corrected chi connectivity index (χ4v) is 1.97. The van der Waals surface area contributed by atoms with Crippen molar-refractivity contribution in [3.05, 3.63) is 33.3 Å². The van der Waals surface area contributed by atoms with Gasteiger partial charge in [-0.15, -0.1) is 0 Å². The lowest BCUT2D eigenvalue weighted by molar-refractivity contribution is 0.319. The van der Waals surface area contributed by atoms with Gasteiger partial charge in [0.1, 0.15) is 0 Å². The first-order valence-electron chi connectivity index (χ1n) is 4.44. The molecule has 76 valence electrons. The smallest absolute Gasteiger partial charge is 0.0854 e. The molecule has 0 aliphatic heterocycles. The van der Waals surface area contributed by atoms with Crippen LogP contribution in [0, 0.1) is 20.8 Å². The van der Waals surface area contributed by atoms with E-state index in [1.807, 2.05) is 26.8 Å². The Balaban J connectivity index is 3.52. The Bertz CT molecular complexity index is 397. The maximum atomic E-state index is 8.73. The summed E-state index contributed by atoms with van der Waals surface area (Å²) in [6.45, 7) is 7.78. The third kappa shape index (κ3) is 1.75. The molecule has 1 rings (SSSR count). The van der Waals surface area contributed by atoms with Gasteiger partial charge in [-0.25, -0.2) is 0 Å². The molecule has 0 heterocycles. The summed E-state index contributed by atoms with van der Waals surface area (Å²) in [6.07, 6.45) is 0. The van der Waals surface area contributed by atoms with E-state index >= 15 is 0 Å². The molecule has 0 aromatic heterocycles. The summed E-state index contributed by atoms with van der Waals surface area (Å²) in [6, 6.07) is 1.90. The van der Waals surface area contributed by atoms with Gasteiger partial charge in [-0.05, 0) is 50.5 Å². The summed E-state index contributed by atoms with van der Waals surface area (Å²) >= 11 is 6.09. The summed E-state index contributed by atoms with van der Waals surface area (Å²) in [7, 11) is 0. The summed E-state index contributed by atoms with van der Waals surface area (Å²) in [5, 5.41) is 12.5. The SMILES string of the molecule is C/C(=N/O)c1c(Cl)cc(C)c(C)c1C. The number of nitrogens with zero attached hydrogens (tertiary/aromatic N) is 1. The molecular formula is C11H14ClNO. The van der Waals surface area contributed by atoms with Gasteiger partial charge in [-0.2, -0.15) is 0 Å². The molecule has 0 saturated carbocycles. The number of oxime groups is 1. The van der Waals surface area contributed by atoms with Gasteiger partial charge >= 0.3 is 0 Å². The van der Waals surface area contributed by atoms with Crippen molar-refractivity contribution in [3.8, 4) is 0 Å². The van der Waals surface area contributed by atoms with Crippen LogP contribution < -0.4 is 0 Å². The van der Waals surface area contributed by atoms with E-state index in [0.29, 0.717) is 10.7 Å². The van der Waals surface area contributed by atoms with Gasteiger partial charge in [0.05, 0.1) is 10.7 Å². The van der Waals surface area contributed by atoms with Crippen molar-refractivity contribution >= 4 is 17.3 Å². The van der Waals surface area contributed by atoms with Crippen LogP contribution in [0.5, 0.6) is 0 Å². The zero-order valence-corrected chi connectivity index (χ0v) is 9.61. The van der Waals surface area contributed by atoms with Gasteiger partial charge in [-0.3, -0.25) is 0 Å². The monoisotopic (exact) mass is 211 g/mol. The van der Waals surface area contributed by atoms with Crippen molar-refractivity contribution in [3.63, 3.8) is 0 Å². The number of aryl methyl sites for hydroxylation is 1. The van der Waals surface area contributed by atoms with Crippen LogP contribution in [0.1, 0.15) is 29.2 Å². The molecule has 1 N–H and O–H groups in total. The summed E-state index contributed by atoms with van der Waals surface area (Å²) < 4.78 is 0. The molecule has 1 aromatic carbocycles. The fraction of sp³-hybridized carbons (Fsp3) is 0.364. The van der Waals surface area contributed by atoms with Crippen LogP contribution in [0.25, 0.3) is 0 Å². The van der Waals surface area contributed by atoms with Crippen molar-refractivity contribution in [2.45, 2.75) is 27.7 Å². The van der Waals surface area contributed by atoms with E-state index in [-0.39, 0.29) is 0 Å². The minimum Gasteiger partial charge on any atom is -0.411 e. The van der Waals surface area contributed by atoms with Crippen LogP contribution in [0.2, 0.25) is 5.02 Å². The van der Waals surface area contributed by atoms with Crippen LogP contribution in [0.3, 0.4) is 0 Å². The van der Waals surface area contributed by atoms with Gasteiger partial charge in [0.2, 0.25) is 0 Å². The molecule has 0 unspecified atom stereocenters. The molecule has 0 aliphatic rings. The molecule has 0 radical (unpaired) electrons. The maximum Gasteiger partial charge on any atom is 0.0854 e. The van der Waals surface area contributed by atoms with Gasteiger partial charge in [0.25, 0.3) is 0 Å². The highest BCUT2D eigenvalue weighted by molar-refractivity contribution is 6.34. The van der Waals surface area contributed by atoms with E-state index < -0.39 is 0 Å². The predicted molar refractivity (Wildman–Crippen MR) is 59.7 cm³/mol. The number of hydrogen-bond acceptors (Lipinski definition) is 2. The van der Waals surface area contributed by atoms with Crippen molar-refractivity contribution in [2.24, 2.45) is 5.16 Å². The third-order valence-electron chi connectivity index (χ3n) is 2.62. The second-order valence-electron chi connectivity index (χ2n) is 3.49. The highest BCUT2D eigenvalue weighted by Gasteiger charge is 2.11. The van der Waals surface area contributed by atoms with Gasteiger partial charge in [0.15, 0.2) is 0 Å². The lowest BCUT2D eigenvalue weighted by Gasteiger charge is -2.12. The maximum absolute atomic E-state index is 8.73. The number of rotatable bonds is 1. The molecule has 1 aromatic rings. The van der Waals surface area contributed by atoms with Crippen LogP contribution in [-0.4, -0.2) is 10.9 Å². The number of halogens is 1. The molecule has 0 spiro atoms. The molecule has 0 saturated heterocycles. The summed E-state index contributed by atoms with van der Waals surface area (Å²) in [4.78, 5) is 0. The Morgan fingerprint density at radius 2 is 1.86 bits per heavy atom. The fourth-order valence-electron chi connectivity index (χ4n) is 1.53. The molecule has 0 aliphatic carbocycles. The zero-order chi connectivity index (χ0) is 10.9. The summed E-state index contributed by atoms with van der Waals surface area (Å²) in [5.41, 5.74) is 4.80. The largest absolute Gasteiger partial charge is 0.411 e. The Hall–Kier alpha value is -1.02. The van der Waals surface area contributed by atoms with Crippen molar-refractivity contribution < 1.29 is 5.21 Å². The van der Waals surface area contributed by atoms with Gasteiger partial charge < -0.3 is 5.21 Å². The van der Waals surface area contributed by atoms with E-state index in [1.54, 1.807) is 6.92 Å². The van der Waals surface area contributed by atoms with Crippen LogP contribution in [0.4, 0.5) is 0 Å². The molecule has 0 amide bonds. The predicted octanol–water partition coefficient (Wildman–Crippen LogP) is 3.46. The lowest BCUT2D eigenvalue weighted by atomic mass is 9.96. The Morgan fingerprint density at radius 3 is 2.36 bits per heavy atom. The topological polar surface area (TPSA) is 32.6 Å². The molecule has 0 atom stereocenters. The van der Waals surface area contributed by atoms with Crippen molar-refractivity contribution in [1.29, 1.82) is 0 Å². The summed E-state index contributed by atoms with van der Waals surface area (Å²) in [5.74, 6) is 0. The van der Waals surface area contributed by atoms with E-state index in [0.717, 1.165) is 16.7 Å². The molecule has 3 heteroatoms. The quantitative estimate of drug-likeness (QED) is 0.431. The molecular weight excluding hydrogens is 198 g/mol. The third-order valence-corrected chi connectivity index (χ3v) is 2.92. The highest BCUT2D eigenvalue weighted by Crippen LogP contribution is 2.26. The molecule has 0 bridgehead atoms. The van der Waals surface area contributed by atoms with Crippen molar-refractivity contribution in [1.82, 2.24) is 0 Å². The van der Waals surface area contributed by atoms with Crippen LogP contribution in [-0.2, 0) is 0 Å². The highest BCUT2D eigenvalue weighted by atomic mass is 35.5. The van der Waals surface area contributed by atoms with E-state index in [9.17, 15) is 0 Å². The molecule has 14 heavy (non-hydrogen) atoms. The van der Waals surface area contributed by atoms with E-state index in [1.165, 1.54) is 5.56 Å². The standard InChI is InChI=1S/C11H14ClNO/c1-6-5-10(12)11(9(4)13-14)8(3)7(6)2/h5,14H,1-4H3/b13-9-. The van der Waals surface area contributed by atoms with Crippen molar-refractivity contribution in [2.75, 3.05) is 0 Å². The van der Waals surface area contributed by atoms with E-state index in [4.69, 9.17) is 16.8 Å². The first-order valence-corrected chi connectivity index (χ1v) is 4.82. The molecule has 0 fully saturated rings. The first-order chi connectivity index (χ1) is 6.49. The average Bonchev–Trinajstić information content (AvgIpc) is 2.14. The number of benzene rings is 1. The average molecular weight is 212 g/mol. The number of hydrogen-bond donors (Lipinski definition) is 1. The molecule has 2 nitrogen and oxygen atoms in total. The Kier molecular flexibility index (Phi) is 3.17. The van der Waals surface area contributed by atoms with Gasteiger partial charge in [0, 0.05) is 5.56 Å².